The minimum absolute atomic E-state index is 0.0898. The van der Waals surface area contributed by atoms with Gasteiger partial charge in [-0.2, -0.15) is 0 Å². The summed E-state index contributed by atoms with van der Waals surface area (Å²) in [5, 5.41) is 10.8. The monoisotopic (exact) mass is 365 g/mol. The number of aliphatic hydroxyl groups is 1. The maximum Gasteiger partial charge on any atom is 0.327 e. The van der Waals surface area contributed by atoms with Gasteiger partial charge in [0.1, 0.15) is 5.65 Å². The van der Waals surface area contributed by atoms with Crippen molar-refractivity contribution >= 4 is 22.2 Å². The van der Waals surface area contributed by atoms with Gasteiger partial charge in [-0.3, -0.25) is 9.55 Å². The highest BCUT2D eigenvalue weighted by atomic mass is 16.5. The molecule has 2 atom stereocenters. The van der Waals surface area contributed by atoms with Crippen LogP contribution in [0.1, 0.15) is 6.42 Å². The summed E-state index contributed by atoms with van der Waals surface area (Å²) in [5.74, 6) is 0.0898. The average Bonchev–Trinajstić information content (AvgIpc) is 3.25. The second kappa shape index (κ2) is 6.33. The van der Waals surface area contributed by atoms with E-state index in [1.54, 1.807) is 17.0 Å². The van der Waals surface area contributed by atoms with Gasteiger partial charge >= 0.3 is 5.69 Å². The first-order valence-electron chi connectivity index (χ1n) is 8.95. The Hall–Kier alpha value is -2.97. The molecule has 1 fully saturated rings. The van der Waals surface area contributed by atoms with Gasteiger partial charge < -0.3 is 14.8 Å². The summed E-state index contributed by atoms with van der Waals surface area (Å²) in [6, 6.07) is 5.97. The number of aromatic amines is 2. The molecule has 5 heterocycles. The smallest absolute Gasteiger partial charge is 0.327 e. The van der Waals surface area contributed by atoms with Crippen LogP contribution in [-0.2, 0) is 11.3 Å². The van der Waals surface area contributed by atoms with E-state index < -0.39 is 6.10 Å². The van der Waals surface area contributed by atoms with Crippen LogP contribution in [0.4, 0.5) is 0 Å². The highest BCUT2D eigenvalue weighted by Gasteiger charge is 2.23. The molecule has 4 aromatic rings. The maximum atomic E-state index is 12.4. The number of nitrogens with zero attached hydrogens (tertiary/aromatic N) is 3. The van der Waals surface area contributed by atoms with Gasteiger partial charge in [-0.25, -0.2) is 14.8 Å². The summed E-state index contributed by atoms with van der Waals surface area (Å²) in [6.45, 7) is 1.38. The number of rotatable bonds is 3. The Morgan fingerprint density at radius 2 is 2.00 bits per heavy atom. The third kappa shape index (κ3) is 2.92. The number of aliphatic hydroxyl groups excluding tert-OH is 1. The van der Waals surface area contributed by atoms with Crippen molar-refractivity contribution in [1.82, 2.24) is 24.5 Å². The highest BCUT2D eigenvalue weighted by Crippen LogP contribution is 2.25. The fraction of sp³-hybridized carbons (Fsp3) is 0.316. The minimum atomic E-state index is -0.475. The summed E-state index contributed by atoms with van der Waals surface area (Å²) in [6.07, 6.45) is 5.54. The molecule has 0 unspecified atom stereocenters. The van der Waals surface area contributed by atoms with Crippen molar-refractivity contribution in [3.05, 3.63) is 47.3 Å². The van der Waals surface area contributed by atoms with Gasteiger partial charge in [0.25, 0.3) is 0 Å². The predicted molar refractivity (Wildman–Crippen MR) is 100 cm³/mol. The number of hydrogen-bond acceptors (Lipinski definition) is 5. The number of imidazole rings is 1. The van der Waals surface area contributed by atoms with Crippen molar-refractivity contribution in [1.29, 1.82) is 0 Å². The molecule has 0 saturated carbocycles. The van der Waals surface area contributed by atoms with Crippen LogP contribution in [-0.4, -0.2) is 48.9 Å². The standard InChI is InChI=1S/C19H19N5O3/c25-15-3-11(9-27-10-15)8-24-16-5-14(7-22-18(16)23-19(24)26)13-4-12-1-2-20-17(12)21-6-13/h1-2,4-7,11,15,25H,3,8-10H2,(H,20,21)(H,22,23,26)/t11-,15-/m1/s1. The van der Waals surface area contributed by atoms with Crippen LogP contribution in [0.3, 0.4) is 0 Å². The van der Waals surface area contributed by atoms with E-state index in [-0.39, 0.29) is 11.6 Å². The largest absolute Gasteiger partial charge is 0.391 e. The van der Waals surface area contributed by atoms with Gasteiger partial charge in [-0.15, -0.1) is 0 Å². The van der Waals surface area contributed by atoms with Crippen molar-refractivity contribution in [3.8, 4) is 11.1 Å². The Morgan fingerprint density at radius 1 is 1.19 bits per heavy atom. The lowest BCUT2D eigenvalue weighted by atomic mass is 10.0. The van der Waals surface area contributed by atoms with Gasteiger partial charge in [-0.05, 0) is 24.6 Å². The van der Waals surface area contributed by atoms with Crippen molar-refractivity contribution < 1.29 is 9.84 Å². The molecule has 1 aliphatic rings. The second-order valence-electron chi connectivity index (χ2n) is 7.06. The van der Waals surface area contributed by atoms with Crippen LogP contribution >= 0.6 is 0 Å². The zero-order valence-electron chi connectivity index (χ0n) is 14.6. The molecule has 1 saturated heterocycles. The molecule has 5 rings (SSSR count). The molecule has 138 valence electrons. The van der Waals surface area contributed by atoms with Crippen molar-refractivity contribution in [2.75, 3.05) is 13.2 Å². The number of fused-ring (bicyclic) bond motifs is 2. The zero-order chi connectivity index (χ0) is 18.4. The number of pyridine rings is 2. The summed E-state index contributed by atoms with van der Waals surface area (Å²) in [7, 11) is 0. The molecule has 0 aliphatic carbocycles. The normalized spacial score (nSPS) is 20.5. The van der Waals surface area contributed by atoms with E-state index in [4.69, 9.17) is 4.74 Å². The van der Waals surface area contributed by atoms with Crippen LogP contribution in [0, 0.1) is 5.92 Å². The van der Waals surface area contributed by atoms with E-state index in [2.05, 4.69) is 19.9 Å². The van der Waals surface area contributed by atoms with E-state index in [1.807, 2.05) is 24.4 Å². The Kier molecular flexibility index (Phi) is 3.80. The molecule has 0 aromatic carbocycles. The maximum absolute atomic E-state index is 12.4. The fourth-order valence-corrected chi connectivity index (χ4v) is 3.75. The van der Waals surface area contributed by atoms with Crippen LogP contribution in [0.5, 0.6) is 0 Å². The molecule has 4 aromatic heterocycles. The predicted octanol–water partition coefficient (Wildman–Crippen LogP) is 1.67. The van der Waals surface area contributed by atoms with Crippen LogP contribution < -0.4 is 5.69 Å². The second-order valence-corrected chi connectivity index (χ2v) is 7.06. The number of ether oxygens (including phenoxy) is 1. The van der Waals surface area contributed by atoms with Crippen molar-refractivity contribution in [2.45, 2.75) is 19.1 Å². The molecule has 27 heavy (non-hydrogen) atoms. The first kappa shape index (κ1) is 16.2. The van der Waals surface area contributed by atoms with Gasteiger partial charge in [0.15, 0.2) is 5.65 Å². The Bertz CT molecular complexity index is 1170. The Labute approximate surface area is 153 Å². The SMILES string of the molecule is O=c1[nH]c2ncc(-c3cnc4[nH]ccc4c3)cc2n1C[C@@H]1COC[C@H](O)C1. The van der Waals surface area contributed by atoms with Crippen molar-refractivity contribution in [3.63, 3.8) is 0 Å². The first-order chi connectivity index (χ1) is 13.2. The molecular weight excluding hydrogens is 346 g/mol. The van der Waals surface area contributed by atoms with E-state index in [0.717, 1.165) is 27.7 Å². The van der Waals surface area contributed by atoms with Crippen molar-refractivity contribution in [2.24, 2.45) is 5.92 Å². The van der Waals surface area contributed by atoms with Gasteiger partial charge in [-0.1, -0.05) is 0 Å². The van der Waals surface area contributed by atoms with Crippen LogP contribution in [0.25, 0.3) is 33.3 Å². The van der Waals surface area contributed by atoms with Gasteiger partial charge in [0, 0.05) is 47.6 Å². The Morgan fingerprint density at radius 3 is 2.85 bits per heavy atom. The average molecular weight is 365 g/mol. The van der Waals surface area contributed by atoms with E-state index in [9.17, 15) is 9.90 Å². The lowest BCUT2D eigenvalue weighted by molar-refractivity contribution is -0.0396. The lowest BCUT2D eigenvalue weighted by Gasteiger charge is -2.26. The zero-order valence-corrected chi connectivity index (χ0v) is 14.6. The summed E-state index contributed by atoms with van der Waals surface area (Å²) < 4.78 is 7.10. The molecule has 0 radical (unpaired) electrons. The quantitative estimate of drug-likeness (QED) is 0.512. The molecule has 0 amide bonds. The molecule has 8 nitrogen and oxygen atoms in total. The number of H-pyrrole nitrogens is 2. The highest BCUT2D eigenvalue weighted by molar-refractivity contribution is 5.84. The Balaban J connectivity index is 1.55. The molecule has 3 N–H and O–H groups in total. The first-order valence-corrected chi connectivity index (χ1v) is 8.95. The minimum Gasteiger partial charge on any atom is -0.391 e. The molecule has 1 aliphatic heterocycles. The summed E-state index contributed by atoms with van der Waals surface area (Å²) in [4.78, 5) is 27.2. The van der Waals surface area contributed by atoms with Crippen LogP contribution in [0.2, 0.25) is 0 Å². The number of nitrogens with one attached hydrogen (secondary N) is 2. The lowest BCUT2D eigenvalue weighted by Crippen LogP contribution is -2.33. The summed E-state index contributed by atoms with van der Waals surface area (Å²) in [5.41, 5.74) is 3.76. The van der Waals surface area contributed by atoms with Crippen LogP contribution in [0.15, 0.2) is 41.6 Å². The number of hydrogen-bond donors (Lipinski definition) is 3. The van der Waals surface area contributed by atoms with Gasteiger partial charge in [0.2, 0.25) is 0 Å². The molecule has 8 heteroatoms. The third-order valence-electron chi connectivity index (χ3n) is 5.07. The summed E-state index contributed by atoms with van der Waals surface area (Å²) >= 11 is 0. The van der Waals surface area contributed by atoms with E-state index in [1.165, 1.54) is 0 Å². The number of aromatic nitrogens is 5. The van der Waals surface area contributed by atoms with E-state index in [0.29, 0.717) is 31.8 Å². The topological polar surface area (TPSA) is 109 Å². The molecule has 0 spiro atoms. The molecule has 0 bridgehead atoms. The third-order valence-corrected chi connectivity index (χ3v) is 5.07. The molecular formula is C19H19N5O3. The van der Waals surface area contributed by atoms with Gasteiger partial charge in [0.05, 0.1) is 24.8 Å². The van der Waals surface area contributed by atoms with E-state index >= 15 is 0 Å². The fourth-order valence-electron chi connectivity index (χ4n) is 3.75.